The van der Waals surface area contributed by atoms with E-state index in [0.29, 0.717) is 18.0 Å². The van der Waals surface area contributed by atoms with E-state index in [-0.39, 0.29) is 17.3 Å². The van der Waals surface area contributed by atoms with E-state index in [1.54, 1.807) is 0 Å². The molecule has 2 rings (SSSR count). The van der Waals surface area contributed by atoms with Crippen molar-refractivity contribution in [2.24, 2.45) is 16.8 Å². The largest absolute Gasteiger partial charge is 0.409 e. The van der Waals surface area contributed by atoms with Crippen LogP contribution < -0.4 is 11.1 Å². The number of anilines is 1. The Labute approximate surface area is 123 Å². The molecule has 0 bridgehead atoms. The average Bonchev–Trinajstić information content (AvgIpc) is 2.49. The first-order valence-corrected chi connectivity index (χ1v) is 7.17. The molecule has 4 N–H and O–H groups in total. The van der Waals surface area contributed by atoms with Crippen LogP contribution in [-0.4, -0.2) is 17.0 Å². The summed E-state index contributed by atoms with van der Waals surface area (Å²) >= 11 is 0. The molecule has 0 unspecified atom stereocenters. The summed E-state index contributed by atoms with van der Waals surface area (Å²) in [6.45, 7) is 0. The Bertz CT molecular complexity index is 540. The van der Waals surface area contributed by atoms with Crippen LogP contribution in [0.5, 0.6) is 0 Å². The van der Waals surface area contributed by atoms with Crippen LogP contribution in [-0.2, 0) is 4.79 Å². The zero-order valence-corrected chi connectivity index (χ0v) is 11.8. The molecule has 0 aliphatic heterocycles. The van der Waals surface area contributed by atoms with Gasteiger partial charge in [-0.15, -0.1) is 0 Å². The van der Waals surface area contributed by atoms with Crippen LogP contribution in [0.2, 0.25) is 0 Å². The number of carbonyl (C=O) groups is 1. The van der Waals surface area contributed by atoms with Crippen LogP contribution in [0, 0.1) is 11.7 Å². The number of oxime groups is 1. The minimum Gasteiger partial charge on any atom is -0.409 e. The Morgan fingerprint density at radius 2 is 2.10 bits per heavy atom. The zero-order chi connectivity index (χ0) is 15.2. The third-order valence-electron chi connectivity index (χ3n) is 3.84. The number of halogens is 1. The fourth-order valence-corrected chi connectivity index (χ4v) is 2.75. The van der Waals surface area contributed by atoms with Gasteiger partial charge in [-0.25, -0.2) is 4.39 Å². The summed E-state index contributed by atoms with van der Waals surface area (Å²) in [7, 11) is 0. The topological polar surface area (TPSA) is 87.7 Å². The second-order valence-corrected chi connectivity index (χ2v) is 5.43. The maximum Gasteiger partial charge on any atom is 0.224 e. The molecule has 1 saturated carbocycles. The smallest absolute Gasteiger partial charge is 0.224 e. The van der Waals surface area contributed by atoms with Crippen molar-refractivity contribution in [1.29, 1.82) is 0 Å². The van der Waals surface area contributed by atoms with Crippen LogP contribution in [0.4, 0.5) is 10.1 Å². The number of amides is 1. The van der Waals surface area contributed by atoms with Gasteiger partial charge in [0.25, 0.3) is 0 Å². The van der Waals surface area contributed by atoms with E-state index in [0.717, 1.165) is 18.9 Å². The van der Waals surface area contributed by atoms with Crippen molar-refractivity contribution in [2.75, 3.05) is 5.32 Å². The van der Waals surface area contributed by atoms with Gasteiger partial charge in [-0.05, 0) is 37.0 Å². The quantitative estimate of drug-likeness (QED) is 0.345. The number of benzene rings is 1. The summed E-state index contributed by atoms with van der Waals surface area (Å²) in [6, 6.07) is 3.77. The third-order valence-corrected chi connectivity index (χ3v) is 3.84. The Balaban J connectivity index is 2.06. The van der Waals surface area contributed by atoms with E-state index in [1.807, 2.05) is 0 Å². The third kappa shape index (κ3) is 4.18. The zero-order valence-electron chi connectivity index (χ0n) is 11.8. The van der Waals surface area contributed by atoms with Crippen molar-refractivity contribution in [3.8, 4) is 0 Å². The maximum absolute atomic E-state index is 13.2. The molecule has 1 fully saturated rings. The number of nitrogens with one attached hydrogen (secondary N) is 1. The van der Waals surface area contributed by atoms with Gasteiger partial charge in [0.15, 0.2) is 5.84 Å². The van der Waals surface area contributed by atoms with Crippen LogP contribution in [0.3, 0.4) is 0 Å². The van der Waals surface area contributed by atoms with Crippen molar-refractivity contribution in [3.05, 3.63) is 29.6 Å². The monoisotopic (exact) mass is 293 g/mol. The SMILES string of the molecule is N/C(=N/O)c1cc(F)ccc1NC(=O)CC1CCCCC1. The van der Waals surface area contributed by atoms with E-state index in [4.69, 9.17) is 10.9 Å². The van der Waals surface area contributed by atoms with E-state index < -0.39 is 5.82 Å². The molecule has 0 radical (unpaired) electrons. The molecule has 0 heterocycles. The van der Waals surface area contributed by atoms with Crippen LogP contribution >= 0.6 is 0 Å². The summed E-state index contributed by atoms with van der Waals surface area (Å²) < 4.78 is 13.2. The van der Waals surface area contributed by atoms with Gasteiger partial charge >= 0.3 is 0 Å². The van der Waals surface area contributed by atoms with E-state index in [9.17, 15) is 9.18 Å². The highest BCUT2D eigenvalue weighted by atomic mass is 19.1. The molecule has 0 spiro atoms. The molecule has 1 aliphatic carbocycles. The summed E-state index contributed by atoms with van der Waals surface area (Å²) in [4.78, 5) is 12.1. The standard InChI is InChI=1S/C15H20FN3O2/c16-11-6-7-13(12(9-11)15(17)19-21)18-14(20)8-10-4-2-1-3-5-10/h6-7,9-10,21H,1-5,8H2,(H2,17,19)(H,18,20). The van der Waals surface area contributed by atoms with Gasteiger partial charge < -0.3 is 16.3 Å². The molecule has 1 aliphatic rings. The predicted molar refractivity (Wildman–Crippen MR) is 78.7 cm³/mol. The molecule has 0 atom stereocenters. The van der Waals surface area contributed by atoms with Gasteiger partial charge in [-0.2, -0.15) is 0 Å². The number of rotatable bonds is 4. The second-order valence-electron chi connectivity index (χ2n) is 5.43. The van der Waals surface area contributed by atoms with Crippen LogP contribution in [0.25, 0.3) is 0 Å². The number of hydrogen-bond acceptors (Lipinski definition) is 3. The van der Waals surface area contributed by atoms with Crippen molar-refractivity contribution in [2.45, 2.75) is 38.5 Å². The van der Waals surface area contributed by atoms with Crippen molar-refractivity contribution in [1.82, 2.24) is 0 Å². The van der Waals surface area contributed by atoms with Crippen molar-refractivity contribution in [3.63, 3.8) is 0 Å². The summed E-state index contributed by atoms with van der Waals surface area (Å²) in [5.41, 5.74) is 6.04. The number of carbonyl (C=O) groups excluding carboxylic acids is 1. The first-order chi connectivity index (χ1) is 10.1. The van der Waals surface area contributed by atoms with Gasteiger partial charge in [0.1, 0.15) is 5.82 Å². The van der Waals surface area contributed by atoms with E-state index in [2.05, 4.69) is 10.5 Å². The van der Waals surface area contributed by atoms with Crippen LogP contribution in [0.1, 0.15) is 44.1 Å². The molecule has 1 aromatic carbocycles. The molecular weight excluding hydrogens is 273 g/mol. The summed E-state index contributed by atoms with van der Waals surface area (Å²) in [5.74, 6) is -0.462. The lowest BCUT2D eigenvalue weighted by atomic mass is 9.87. The lowest BCUT2D eigenvalue weighted by Crippen LogP contribution is -2.21. The molecule has 6 heteroatoms. The van der Waals surface area contributed by atoms with Gasteiger partial charge in [0.2, 0.25) is 5.91 Å². The highest BCUT2D eigenvalue weighted by Crippen LogP contribution is 2.27. The summed E-state index contributed by atoms with van der Waals surface area (Å²) in [6.07, 6.45) is 6.18. The first kappa shape index (κ1) is 15.3. The van der Waals surface area contributed by atoms with E-state index in [1.165, 1.54) is 31.4 Å². The molecule has 0 aromatic heterocycles. The number of nitrogens with two attached hydrogens (primary N) is 1. The highest BCUT2D eigenvalue weighted by Gasteiger charge is 2.18. The normalized spacial score (nSPS) is 16.7. The predicted octanol–water partition coefficient (Wildman–Crippen LogP) is 2.83. The average molecular weight is 293 g/mol. The Kier molecular flexibility index (Phi) is 5.14. The molecule has 21 heavy (non-hydrogen) atoms. The lowest BCUT2D eigenvalue weighted by Gasteiger charge is -2.21. The fraction of sp³-hybridized carbons (Fsp3) is 0.467. The highest BCUT2D eigenvalue weighted by molar-refractivity contribution is 6.05. The van der Waals surface area contributed by atoms with Gasteiger partial charge in [0, 0.05) is 12.0 Å². The van der Waals surface area contributed by atoms with Crippen molar-refractivity contribution < 1.29 is 14.4 Å². The first-order valence-electron chi connectivity index (χ1n) is 7.17. The van der Waals surface area contributed by atoms with E-state index >= 15 is 0 Å². The van der Waals surface area contributed by atoms with Gasteiger partial charge in [-0.3, -0.25) is 4.79 Å². The van der Waals surface area contributed by atoms with Crippen molar-refractivity contribution >= 4 is 17.4 Å². The number of nitrogens with zero attached hydrogens (tertiary/aromatic N) is 1. The lowest BCUT2D eigenvalue weighted by molar-refractivity contribution is -0.117. The second kappa shape index (κ2) is 7.06. The number of hydrogen-bond donors (Lipinski definition) is 3. The molecule has 0 saturated heterocycles. The summed E-state index contributed by atoms with van der Waals surface area (Å²) in [5, 5.41) is 14.3. The molecule has 5 nitrogen and oxygen atoms in total. The van der Waals surface area contributed by atoms with Crippen LogP contribution in [0.15, 0.2) is 23.4 Å². The Hall–Kier alpha value is -2.11. The number of amidine groups is 1. The maximum atomic E-state index is 13.2. The molecule has 1 amide bonds. The molecule has 114 valence electrons. The molecular formula is C15H20FN3O2. The fourth-order valence-electron chi connectivity index (χ4n) is 2.75. The van der Waals surface area contributed by atoms with Gasteiger partial charge in [-0.1, -0.05) is 24.4 Å². The molecule has 1 aromatic rings. The minimum atomic E-state index is -0.512. The minimum absolute atomic E-state index is 0.125. The Morgan fingerprint density at radius 1 is 1.38 bits per heavy atom. The Morgan fingerprint density at radius 3 is 2.76 bits per heavy atom. The van der Waals surface area contributed by atoms with Gasteiger partial charge in [0.05, 0.1) is 5.69 Å².